The first-order chi connectivity index (χ1) is 7.84. The van der Waals surface area contributed by atoms with Crippen molar-refractivity contribution < 1.29 is 4.74 Å². The highest BCUT2D eigenvalue weighted by atomic mass is 16.5. The van der Waals surface area contributed by atoms with E-state index in [4.69, 9.17) is 10.5 Å². The van der Waals surface area contributed by atoms with E-state index in [2.05, 4.69) is 9.80 Å². The number of hydrogen-bond donors (Lipinski definition) is 1. The first kappa shape index (κ1) is 12.3. The van der Waals surface area contributed by atoms with Crippen LogP contribution >= 0.6 is 0 Å². The van der Waals surface area contributed by atoms with Gasteiger partial charge in [0.2, 0.25) is 0 Å². The molecule has 1 atom stereocenters. The molecule has 0 saturated carbocycles. The lowest BCUT2D eigenvalue weighted by Crippen LogP contribution is -2.44. The van der Waals surface area contributed by atoms with Gasteiger partial charge in [-0.05, 0) is 38.9 Å². The lowest BCUT2D eigenvalue weighted by Gasteiger charge is -2.32. The van der Waals surface area contributed by atoms with Crippen LogP contribution in [0.1, 0.15) is 19.3 Å². The number of nitrogens with two attached hydrogens (primary N) is 1. The molecule has 94 valence electrons. The van der Waals surface area contributed by atoms with Crippen molar-refractivity contribution in [1.82, 2.24) is 9.80 Å². The second-order valence-corrected chi connectivity index (χ2v) is 5.01. The van der Waals surface area contributed by atoms with E-state index in [9.17, 15) is 0 Å². The Balaban J connectivity index is 1.56. The molecule has 0 bridgehead atoms. The van der Waals surface area contributed by atoms with Crippen molar-refractivity contribution in [2.75, 3.05) is 52.5 Å². The molecular formula is C12H25N3O. The summed E-state index contributed by atoms with van der Waals surface area (Å²) in [4.78, 5) is 5.03. The molecule has 16 heavy (non-hydrogen) atoms. The lowest BCUT2D eigenvalue weighted by atomic mass is 10.1. The molecular weight excluding hydrogens is 202 g/mol. The Morgan fingerprint density at radius 2 is 1.81 bits per heavy atom. The minimum absolute atomic E-state index is 0.414. The molecule has 2 rings (SSSR count). The fraction of sp³-hybridized carbons (Fsp3) is 1.00. The zero-order valence-corrected chi connectivity index (χ0v) is 10.2. The summed E-state index contributed by atoms with van der Waals surface area (Å²) in [7, 11) is 0. The summed E-state index contributed by atoms with van der Waals surface area (Å²) in [5.41, 5.74) is 5.97. The van der Waals surface area contributed by atoms with E-state index in [0.717, 1.165) is 32.8 Å². The van der Waals surface area contributed by atoms with Crippen LogP contribution in [-0.2, 0) is 4.74 Å². The van der Waals surface area contributed by atoms with Crippen LogP contribution in [0.2, 0.25) is 0 Å². The maximum absolute atomic E-state index is 5.97. The van der Waals surface area contributed by atoms with E-state index in [-0.39, 0.29) is 0 Å². The maximum Gasteiger partial charge on any atom is 0.0594 e. The minimum atomic E-state index is 0.414. The summed E-state index contributed by atoms with van der Waals surface area (Å²) in [5.74, 6) is 0. The van der Waals surface area contributed by atoms with Crippen LogP contribution in [0.15, 0.2) is 0 Å². The van der Waals surface area contributed by atoms with Crippen molar-refractivity contribution in [3.05, 3.63) is 0 Å². The lowest BCUT2D eigenvalue weighted by molar-refractivity contribution is 0.0357. The third kappa shape index (κ3) is 4.01. The number of ether oxygens (including phenoxy) is 1. The van der Waals surface area contributed by atoms with Gasteiger partial charge in [-0.1, -0.05) is 0 Å². The van der Waals surface area contributed by atoms with Gasteiger partial charge in [-0.25, -0.2) is 0 Å². The number of rotatable bonds is 4. The van der Waals surface area contributed by atoms with Gasteiger partial charge in [-0.3, -0.25) is 4.90 Å². The molecule has 4 nitrogen and oxygen atoms in total. The minimum Gasteiger partial charge on any atom is -0.379 e. The molecule has 0 aromatic rings. The molecule has 0 aromatic carbocycles. The van der Waals surface area contributed by atoms with E-state index in [1.807, 2.05) is 0 Å². The molecule has 2 aliphatic rings. The maximum atomic E-state index is 5.97. The quantitative estimate of drug-likeness (QED) is 0.741. The number of hydrogen-bond acceptors (Lipinski definition) is 4. The van der Waals surface area contributed by atoms with Crippen molar-refractivity contribution in [3.8, 4) is 0 Å². The molecule has 0 spiro atoms. The second-order valence-electron chi connectivity index (χ2n) is 5.01. The summed E-state index contributed by atoms with van der Waals surface area (Å²) in [6, 6.07) is 0.414. The molecule has 0 amide bonds. The molecule has 0 aliphatic carbocycles. The van der Waals surface area contributed by atoms with Crippen molar-refractivity contribution >= 4 is 0 Å². The van der Waals surface area contributed by atoms with Gasteiger partial charge < -0.3 is 15.4 Å². The Morgan fingerprint density at radius 3 is 2.56 bits per heavy atom. The molecule has 2 saturated heterocycles. The number of nitrogens with zero attached hydrogens (tertiary/aromatic N) is 2. The molecule has 0 aromatic heterocycles. The van der Waals surface area contributed by atoms with E-state index >= 15 is 0 Å². The molecule has 0 radical (unpaired) electrons. The van der Waals surface area contributed by atoms with Gasteiger partial charge in [0, 0.05) is 25.7 Å². The predicted molar refractivity (Wildman–Crippen MR) is 65.5 cm³/mol. The predicted octanol–water partition coefficient (Wildman–Crippen LogP) is 0.132. The molecule has 4 heteroatoms. The Bertz CT molecular complexity index is 195. The average molecular weight is 227 g/mol. The first-order valence-electron chi connectivity index (χ1n) is 6.62. The van der Waals surface area contributed by atoms with Crippen LogP contribution < -0.4 is 5.73 Å². The van der Waals surface area contributed by atoms with Gasteiger partial charge >= 0.3 is 0 Å². The van der Waals surface area contributed by atoms with Crippen LogP contribution in [0.5, 0.6) is 0 Å². The van der Waals surface area contributed by atoms with Crippen molar-refractivity contribution in [2.24, 2.45) is 5.73 Å². The van der Waals surface area contributed by atoms with Crippen LogP contribution in [0, 0.1) is 0 Å². The zero-order chi connectivity index (χ0) is 11.2. The van der Waals surface area contributed by atoms with Crippen molar-refractivity contribution in [1.29, 1.82) is 0 Å². The molecule has 2 fully saturated rings. The highest BCUT2D eigenvalue weighted by Gasteiger charge is 2.16. The normalized spacial score (nSPS) is 29.4. The summed E-state index contributed by atoms with van der Waals surface area (Å²) in [6.07, 6.45) is 3.76. The van der Waals surface area contributed by atoms with Gasteiger partial charge in [0.15, 0.2) is 0 Å². The summed E-state index contributed by atoms with van der Waals surface area (Å²) < 4.78 is 5.34. The SMILES string of the molecule is NC1CCCN(CCCN2CCOCC2)C1. The molecule has 1 unspecified atom stereocenters. The zero-order valence-electron chi connectivity index (χ0n) is 10.2. The molecule has 2 aliphatic heterocycles. The smallest absolute Gasteiger partial charge is 0.0594 e. The third-order valence-corrected chi connectivity index (χ3v) is 3.59. The number of morpholine rings is 1. The van der Waals surface area contributed by atoms with Crippen LogP contribution in [0.25, 0.3) is 0 Å². The third-order valence-electron chi connectivity index (χ3n) is 3.59. The Hall–Kier alpha value is -0.160. The highest BCUT2D eigenvalue weighted by molar-refractivity contribution is 4.75. The molecule has 2 N–H and O–H groups in total. The monoisotopic (exact) mass is 227 g/mol. The van der Waals surface area contributed by atoms with E-state index in [1.165, 1.54) is 38.9 Å². The van der Waals surface area contributed by atoms with Crippen molar-refractivity contribution in [3.63, 3.8) is 0 Å². The first-order valence-corrected chi connectivity index (χ1v) is 6.62. The largest absolute Gasteiger partial charge is 0.379 e. The fourth-order valence-electron chi connectivity index (χ4n) is 2.64. The Morgan fingerprint density at radius 1 is 1.06 bits per heavy atom. The van der Waals surface area contributed by atoms with Crippen LogP contribution in [0.4, 0.5) is 0 Å². The van der Waals surface area contributed by atoms with E-state index in [0.29, 0.717) is 6.04 Å². The Kier molecular flexibility index (Phi) is 5.03. The standard InChI is InChI=1S/C12H25N3O/c13-12-3-1-4-15(11-12)6-2-5-14-7-9-16-10-8-14/h12H,1-11,13H2. The molecule has 2 heterocycles. The van der Waals surface area contributed by atoms with Crippen LogP contribution in [0.3, 0.4) is 0 Å². The van der Waals surface area contributed by atoms with E-state index < -0.39 is 0 Å². The van der Waals surface area contributed by atoms with Gasteiger partial charge in [-0.2, -0.15) is 0 Å². The van der Waals surface area contributed by atoms with Crippen LogP contribution in [-0.4, -0.2) is 68.3 Å². The number of piperidine rings is 1. The Labute approximate surface area is 98.7 Å². The van der Waals surface area contributed by atoms with Crippen molar-refractivity contribution in [2.45, 2.75) is 25.3 Å². The summed E-state index contributed by atoms with van der Waals surface area (Å²) in [6.45, 7) is 8.82. The highest BCUT2D eigenvalue weighted by Crippen LogP contribution is 2.08. The average Bonchev–Trinajstić information content (AvgIpc) is 2.30. The van der Waals surface area contributed by atoms with Gasteiger partial charge in [0.25, 0.3) is 0 Å². The number of likely N-dealkylation sites (tertiary alicyclic amines) is 1. The summed E-state index contributed by atoms with van der Waals surface area (Å²) >= 11 is 0. The van der Waals surface area contributed by atoms with Gasteiger partial charge in [0.1, 0.15) is 0 Å². The second kappa shape index (κ2) is 6.55. The fourth-order valence-corrected chi connectivity index (χ4v) is 2.64. The summed E-state index contributed by atoms with van der Waals surface area (Å²) in [5, 5.41) is 0. The topological polar surface area (TPSA) is 41.7 Å². The van der Waals surface area contributed by atoms with Gasteiger partial charge in [0.05, 0.1) is 13.2 Å². The van der Waals surface area contributed by atoms with E-state index in [1.54, 1.807) is 0 Å². The van der Waals surface area contributed by atoms with Gasteiger partial charge in [-0.15, -0.1) is 0 Å².